The third-order valence-corrected chi connectivity index (χ3v) is 4.70. The molecule has 0 N–H and O–H groups in total. The Balaban J connectivity index is 1.60. The molecule has 1 saturated heterocycles. The van der Waals surface area contributed by atoms with Crippen molar-refractivity contribution in [3.8, 4) is 0 Å². The number of piperazine rings is 1. The van der Waals surface area contributed by atoms with Crippen LogP contribution in [0.5, 0.6) is 0 Å². The summed E-state index contributed by atoms with van der Waals surface area (Å²) in [5, 5.41) is 4.38. The van der Waals surface area contributed by atoms with Crippen LogP contribution in [0.3, 0.4) is 0 Å². The minimum Gasteiger partial charge on any atom is -0.360 e. The maximum absolute atomic E-state index is 12.6. The summed E-state index contributed by atoms with van der Waals surface area (Å²) in [6.45, 7) is 5.59. The number of nitrogens with zero attached hydrogens (tertiary/aromatic N) is 3. The van der Waals surface area contributed by atoms with Gasteiger partial charge in [-0.3, -0.25) is 9.69 Å². The van der Waals surface area contributed by atoms with E-state index in [0.717, 1.165) is 35.6 Å². The number of hydrogen-bond acceptors (Lipinski definition) is 4. The summed E-state index contributed by atoms with van der Waals surface area (Å²) in [5.74, 6) is 0.837. The fourth-order valence-corrected chi connectivity index (χ4v) is 3.21. The molecule has 1 aromatic heterocycles. The number of carbonyl (C=O) groups is 1. The minimum atomic E-state index is -0.0218. The molecule has 5 nitrogen and oxygen atoms in total. The van der Waals surface area contributed by atoms with Gasteiger partial charge < -0.3 is 9.42 Å². The fraction of sp³-hybridized carbons (Fsp3) is 0.375. The zero-order chi connectivity index (χ0) is 16.4. The molecule has 122 valence electrons. The Kier molecular flexibility index (Phi) is 5.04. The Morgan fingerprint density at radius 1 is 1.30 bits per heavy atom. The predicted octanol–water partition coefficient (Wildman–Crippen LogP) is 3.36. The van der Waals surface area contributed by atoms with Gasteiger partial charge in [0, 0.05) is 36.7 Å². The summed E-state index contributed by atoms with van der Waals surface area (Å²) in [4.78, 5) is 16.7. The summed E-state index contributed by atoms with van der Waals surface area (Å²) >= 11 is 9.53. The third-order valence-electron chi connectivity index (χ3n) is 3.87. The summed E-state index contributed by atoms with van der Waals surface area (Å²) in [5.41, 5.74) is 1.43. The molecule has 23 heavy (non-hydrogen) atoms. The average Bonchev–Trinajstić information content (AvgIpc) is 2.95. The maximum Gasteiger partial charge on any atom is 0.255 e. The number of benzene rings is 1. The molecule has 0 spiro atoms. The highest BCUT2D eigenvalue weighted by atomic mass is 79.9. The average molecular weight is 399 g/mol. The van der Waals surface area contributed by atoms with E-state index < -0.39 is 0 Å². The molecule has 2 aromatic rings. The molecular weight excluding hydrogens is 382 g/mol. The monoisotopic (exact) mass is 397 g/mol. The number of aromatic nitrogens is 1. The molecule has 0 saturated carbocycles. The first-order valence-electron chi connectivity index (χ1n) is 7.42. The van der Waals surface area contributed by atoms with Crippen molar-refractivity contribution < 1.29 is 9.32 Å². The molecule has 0 unspecified atom stereocenters. The molecule has 0 aliphatic carbocycles. The highest BCUT2D eigenvalue weighted by Gasteiger charge is 2.24. The topological polar surface area (TPSA) is 49.6 Å². The highest BCUT2D eigenvalue weighted by Crippen LogP contribution is 2.23. The van der Waals surface area contributed by atoms with Crippen LogP contribution in [0, 0.1) is 6.92 Å². The van der Waals surface area contributed by atoms with E-state index in [-0.39, 0.29) is 5.91 Å². The molecule has 1 aliphatic heterocycles. The number of amides is 1. The lowest BCUT2D eigenvalue weighted by atomic mass is 10.1. The van der Waals surface area contributed by atoms with Gasteiger partial charge in [0.1, 0.15) is 0 Å². The van der Waals surface area contributed by atoms with E-state index >= 15 is 0 Å². The van der Waals surface area contributed by atoms with Crippen LogP contribution in [0.15, 0.2) is 33.3 Å². The summed E-state index contributed by atoms with van der Waals surface area (Å²) in [7, 11) is 0. The second-order valence-corrected chi connectivity index (χ2v) is 6.95. The molecule has 0 atom stereocenters. The van der Waals surface area contributed by atoms with Crippen LogP contribution in [-0.4, -0.2) is 47.0 Å². The zero-order valence-electron chi connectivity index (χ0n) is 12.8. The molecule has 1 amide bonds. The van der Waals surface area contributed by atoms with Crippen molar-refractivity contribution >= 4 is 33.4 Å². The van der Waals surface area contributed by atoms with Crippen LogP contribution in [-0.2, 0) is 6.54 Å². The van der Waals surface area contributed by atoms with Gasteiger partial charge in [0.15, 0.2) is 5.76 Å². The van der Waals surface area contributed by atoms with Gasteiger partial charge in [-0.1, -0.05) is 32.7 Å². The lowest BCUT2D eigenvalue weighted by Crippen LogP contribution is -2.48. The van der Waals surface area contributed by atoms with E-state index in [9.17, 15) is 4.79 Å². The number of hydrogen-bond donors (Lipinski definition) is 0. The van der Waals surface area contributed by atoms with Crippen LogP contribution in [0.25, 0.3) is 0 Å². The van der Waals surface area contributed by atoms with Crippen molar-refractivity contribution in [2.75, 3.05) is 26.2 Å². The second kappa shape index (κ2) is 7.03. The summed E-state index contributed by atoms with van der Waals surface area (Å²) < 4.78 is 6.10. The summed E-state index contributed by atoms with van der Waals surface area (Å²) in [6, 6.07) is 7.28. The van der Waals surface area contributed by atoms with E-state index in [1.807, 2.05) is 24.0 Å². The molecular formula is C16H17BrClN3O2. The van der Waals surface area contributed by atoms with Crippen LogP contribution in [0.4, 0.5) is 0 Å². The van der Waals surface area contributed by atoms with Crippen molar-refractivity contribution in [2.24, 2.45) is 0 Å². The van der Waals surface area contributed by atoms with Gasteiger partial charge in [-0.25, -0.2) is 0 Å². The number of carbonyl (C=O) groups excluding carboxylic acids is 1. The predicted molar refractivity (Wildman–Crippen MR) is 91.6 cm³/mol. The Morgan fingerprint density at radius 3 is 2.70 bits per heavy atom. The molecule has 3 rings (SSSR count). The minimum absolute atomic E-state index is 0.0218. The van der Waals surface area contributed by atoms with Gasteiger partial charge in [-0.15, -0.1) is 0 Å². The lowest BCUT2D eigenvalue weighted by Gasteiger charge is -2.34. The molecule has 1 aliphatic rings. The van der Waals surface area contributed by atoms with E-state index in [0.29, 0.717) is 23.7 Å². The van der Waals surface area contributed by atoms with Gasteiger partial charge in [0.05, 0.1) is 22.8 Å². The smallest absolute Gasteiger partial charge is 0.255 e. The van der Waals surface area contributed by atoms with E-state index in [4.69, 9.17) is 16.1 Å². The first-order valence-corrected chi connectivity index (χ1v) is 8.59. The Bertz CT molecular complexity index is 711. The van der Waals surface area contributed by atoms with Crippen molar-refractivity contribution in [1.82, 2.24) is 15.0 Å². The van der Waals surface area contributed by atoms with Crippen LogP contribution in [0.2, 0.25) is 5.02 Å². The van der Waals surface area contributed by atoms with Gasteiger partial charge in [-0.2, -0.15) is 0 Å². The van der Waals surface area contributed by atoms with Gasteiger partial charge in [0.25, 0.3) is 5.91 Å². The molecule has 2 heterocycles. The van der Waals surface area contributed by atoms with Crippen LogP contribution >= 0.6 is 27.5 Å². The fourth-order valence-electron chi connectivity index (χ4n) is 2.65. The highest BCUT2D eigenvalue weighted by molar-refractivity contribution is 9.10. The lowest BCUT2D eigenvalue weighted by molar-refractivity contribution is 0.0617. The molecule has 7 heteroatoms. The van der Waals surface area contributed by atoms with E-state index in [1.165, 1.54) is 0 Å². The first-order chi connectivity index (χ1) is 11.0. The van der Waals surface area contributed by atoms with Crippen LogP contribution < -0.4 is 0 Å². The Labute approximate surface area is 148 Å². The largest absolute Gasteiger partial charge is 0.360 e. The summed E-state index contributed by atoms with van der Waals surface area (Å²) in [6.07, 6.45) is 0. The molecule has 0 radical (unpaired) electrons. The number of halogens is 2. The van der Waals surface area contributed by atoms with Gasteiger partial charge in [-0.05, 0) is 25.1 Å². The van der Waals surface area contributed by atoms with Gasteiger partial charge in [0.2, 0.25) is 0 Å². The standard InChI is InChI=1S/C16H17BrClN3O2/c1-11-8-13(23-19-11)10-20-4-6-21(7-5-20)16(22)14-9-12(17)2-3-15(14)18/h2-3,8-9H,4-7,10H2,1H3. The quantitative estimate of drug-likeness (QED) is 0.795. The van der Waals surface area contributed by atoms with Gasteiger partial charge >= 0.3 is 0 Å². The van der Waals surface area contributed by atoms with Crippen molar-refractivity contribution in [1.29, 1.82) is 0 Å². The van der Waals surface area contributed by atoms with Crippen molar-refractivity contribution in [3.63, 3.8) is 0 Å². The molecule has 0 bridgehead atoms. The third kappa shape index (κ3) is 3.94. The van der Waals surface area contributed by atoms with Crippen molar-refractivity contribution in [2.45, 2.75) is 13.5 Å². The van der Waals surface area contributed by atoms with E-state index in [1.54, 1.807) is 12.1 Å². The second-order valence-electron chi connectivity index (χ2n) is 5.63. The maximum atomic E-state index is 12.6. The normalized spacial score (nSPS) is 15.9. The Hall–Kier alpha value is -1.37. The van der Waals surface area contributed by atoms with Crippen LogP contribution in [0.1, 0.15) is 21.8 Å². The number of aryl methyl sites for hydroxylation is 1. The van der Waals surface area contributed by atoms with Crippen molar-refractivity contribution in [3.05, 3.63) is 50.8 Å². The van der Waals surface area contributed by atoms with E-state index in [2.05, 4.69) is 26.0 Å². The first kappa shape index (κ1) is 16.5. The zero-order valence-corrected chi connectivity index (χ0v) is 15.1. The Morgan fingerprint density at radius 2 is 2.04 bits per heavy atom. The molecule has 1 aromatic carbocycles. The SMILES string of the molecule is Cc1cc(CN2CCN(C(=O)c3cc(Br)ccc3Cl)CC2)on1. The number of rotatable bonds is 3. The molecule has 1 fully saturated rings.